The zero-order valence-electron chi connectivity index (χ0n) is 15.7. The third-order valence-electron chi connectivity index (χ3n) is 5.62. The van der Waals surface area contributed by atoms with E-state index in [9.17, 15) is 0 Å². The average molecular weight is 320 g/mol. The van der Waals surface area contributed by atoms with E-state index in [1.807, 2.05) is 0 Å². The fourth-order valence-electron chi connectivity index (χ4n) is 2.81. The van der Waals surface area contributed by atoms with Gasteiger partial charge in [0.1, 0.15) is 0 Å². The molecule has 1 heteroatoms. The Bertz CT molecular complexity index is 181. The molecule has 0 aromatic rings. The van der Waals surface area contributed by atoms with Crippen LogP contribution in [0.15, 0.2) is 0 Å². The standard InChI is InChI=1S/2C10H15.Ti.2H/c2*1-6-7(2)9(4)10(5)8(6)3;;;/h2*1-5H3;;;. The van der Waals surface area contributed by atoms with Crippen molar-refractivity contribution in [1.82, 2.24) is 0 Å². The summed E-state index contributed by atoms with van der Waals surface area (Å²) in [4.78, 5) is 0. The second-order valence-corrected chi connectivity index (χ2v) is 6.25. The van der Waals surface area contributed by atoms with Crippen molar-refractivity contribution in [1.29, 1.82) is 0 Å². The van der Waals surface area contributed by atoms with Gasteiger partial charge < -0.3 is 0 Å². The molecule has 2 fully saturated rings. The van der Waals surface area contributed by atoms with Crippen LogP contribution in [-0.2, 0) is 21.7 Å². The predicted octanol–water partition coefficient (Wildman–Crippen LogP) is 5.41. The zero-order valence-corrected chi connectivity index (χ0v) is 17.9. The first kappa shape index (κ1) is 21.7. The molecule has 0 saturated heterocycles. The molecule has 0 aromatic carbocycles. The summed E-state index contributed by atoms with van der Waals surface area (Å²) in [7, 11) is 0. The van der Waals surface area contributed by atoms with E-state index in [1.54, 1.807) is 0 Å². The molecule has 0 atom stereocenters. The number of hydrogen-bond donors (Lipinski definition) is 0. The van der Waals surface area contributed by atoms with Crippen molar-refractivity contribution in [3.63, 3.8) is 0 Å². The summed E-state index contributed by atoms with van der Waals surface area (Å²) in [6, 6.07) is 0. The second-order valence-electron chi connectivity index (χ2n) is 6.25. The molecule has 2 aliphatic carbocycles. The molecule has 2 saturated carbocycles. The molecule has 0 heterocycles. The molecule has 0 N–H and O–H groups in total. The van der Waals surface area contributed by atoms with Gasteiger partial charge in [0.15, 0.2) is 0 Å². The van der Waals surface area contributed by atoms with Crippen LogP contribution in [0.1, 0.15) is 69.2 Å². The quantitative estimate of drug-likeness (QED) is 0.524. The molecule has 21 heavy (non-hydrogen) atoms. The van der Waals surface area contributed by atoms with Gasteiger partial charge in [0.2, 0.25) is 0 Å². The van der Waals surface area contributed by atoms with Gasteiger partial charge in [-0.05, 0) is 59.2 Å². The van der Waals surface area contributed by atoms with Crippen molar-refractivity contribution >= 4 is 0 Å². The van der Waals surface area contributed by atoms with Crippen molar-refractivity contribution in [2.75, 3.05) is 0 Å². The van der Waals surface area contributed by atoms with Crippen LogP contribution in [0.2, 0.25) is 0 Å². The van der Waals surface area contributed by atoms with Crippen LogP contribution in [0, 0.1) is 59.2 Å². The van der Waals surface area contributed by atoms with Gasteiger partial charge in [0.05, 0.1) is 0 Å². The van der Waals surface area contributed by atoms with Gasteiger partial charge in [-0.2, -0.15) is 0 Å². The molecule has 0 spiro atoms. The third-order valence-corrected chi connectivity index (χ3v) is 5.62. The molecule has 0 unspecified atom stereocenters. The Morgan fingerprint density at radius 1 is 0.238 bits per heavy atom. The first-order valence-electron chi connectivity index (χ1n) is 7.50. The Kier molecular flexibility index (Phi) is 8.82. The number of hydrogen-bond acceptors (Lipinski definition) is 0. The average Bonchev–Trinajstić information content (AvgIpc) is 2.71. The maximum atomic E-state index is 2.20. The van der Waals surface area contributed by atoms with Gasteiger partial charge in [0.25, 0.3) is 0 Å². The molecule has 0 amide bonds. The number of rotatable bonds is 0. The molecule has 0 aliphatic heterocycles. The monoisotopic (exact) mass is 320 g/mol. The normalized spacial score (nSPS) is 27.1. The summed E-state index contributed by atoms with van der Waals surface area (Å²) < 4.78 is 0. The van der Waals surface area contributed by atoms with E-state index in [1.165, 1.54) is 59.2 Å². The van der Waals surface area contributed by atoms with Crippen molar-refractivity contribution in [2.24, 2.45) is 0 Å². The Morgan fingerprint density at radius 3 is 0.333 bits per heavy atom. The van der Waals surface area contributed by atoms with E-state index < -0.39 is 0 Å². The Labute approximate surface area is 150 Å². The van der Waals surface area contributed by atoms with Crippen LogP contribution >= 0.6 is 0 Å². The second kappa shape index (κ2) is 8.53. The van der Waals surface area contributed by atoms with Crippen LogP contribution < -0.4 is 0 Å². The molecule has 2 rings (SSSR count). The molecule has 10 radical (unpaired) electrons. The molecular formula is C20H32Ti. The summed E-state index contributed by atoms with van der Waals surface area (Å²) >= 11 is 0. The van der Waals surface area contributed by atoms with Crippen LogP contribution in [0.4, 0.5) is 0 Å². The van der Waals surface area contributed by atoms with Crippen LogP contribution in [0.25, 0.3) is 0 Å². The van der Waals surface area contributed by atoms with Gasteiger partial charge in [0, 0.05) is 0 Å². The summed E-state index contributed by atoms with van der Waals surface area (Å²) in [6.45, 7) is 22.0. The van der Waals surface area contributed by atoms with Gasteiger partial charge in [-0.1, -0.05) is 69.2 Å². The Morgan fingerprint density at radius 2 is 0.286 bits per heavy atom. The molecule has 2 aliphatic rings. The van der Waals surface area contributed by atoms with Crippen molar-refractivity contribution in [2.45, 2.75) is 69.2 Å². The van der Waals surface area contributed by atoms with Gasteiger partial charge in [-0.15, -0.1) is 0 Å². The molecule has 0 aromatic heterocycles. The van der Waals surface area contributed by atoms with Gasteiger partial charge in [-0.25, -0.2) is 0 Å². The van der Waals surface area contributed by atoms with Crippen LogP contribution in [-0.4, -0.2) is 0 Å². The first-order chi connectivity index (χ1) is 9.11. The van der Waals surface area contributed by atoms with E-state index in [4.69, 9.17) is 0 Å². The van der Waals surface area contributed by atoms with E-state index in [0.29, 0.717) is 0 Å². The molecular weight excluding hydrogens is 288 g/mol. The fourth-order valence-corrected chi connectivity index (χ4v) is 2.81. The molecule has 0 bridgehead atoms. The summed E-state index contributed by atoms with van der Waals surface area (Å²) in [5, 5.41) is 0. The molecule has 0 nitrogen and oxygen atoms in total. The van der Waals surface area contributed by atoms with E-state index >= 15 is 0 Å². The van der Waals surface area contributed by atoms with E-state index in [2.05, 4.69) is 69.2 Å². The minimum atomic E-state index is 0. The summed E-state index contributed by atoms with van der Waals surface area (Å²) in [5.74, 6) is 14.7. The first-order valence-corrected chi connectivity index (χ1v) is 7.50. The summed E-state index contributed by atoms with van der Waals surface area (Å²) in [6.07, 6.45) is 0. The van der Waals surface area contributed by atoms with Crippen LogP contribution in [0.5, 0.6) is 0 Å². The predicted molar refractivity (Wildman–Crippen MR) is 92.0 cm³/mol. The Hall–Kier alpha value is 0.714. The van der Waals surface area contributed by atoms with E-state index in [-0.39, 0.29) is 21.7 Å². The van der Waals surface area contributed by atoms with Crippen LogP contribution in [0.3, 0.4) is 0 Å². The van der Waals surface area contributed by atoms with Crippen molar-refractivity contribution in [3.8, 4) is 0 Å². The maximum absolute atomic E-state index is 2.20. The topological polar surface area (TPSA) is 0 Å². The van der Waals surface area contributed by atoms with Gasteiger partial charge >= 0.3 is 21.7 Å². The minimum absolute atomic E-state index is 0. The third kappa shape index (κ3) is 4.38. The fraction of sp³-hybridized carbons (Fsp3) is 0.500. The zero-order chi connectivity index (χ0) is 15.8. The van der Waals surface area contributed by atoms with E-state index in [0.717, 1.165) is 0 Å². The Balaban J connectivity index is 0.000000364. The van der Waals surface area contributed by atoms with Gasteiger partial charge in [-0.3, -0.25) is 0 Å². The van der Waals surface area contributed by atoms with Crippen molar-refractivity contribution in [3.05, 3.63) is 59.2 Å². The molecule has 116 valence electrons. The SMILES string of the molecule is C[C]1[C](C)[C](C)[C](C)[C]1C.C[C]1[C](C)[C](C)[C](C)[C]1C.[TiH2]. The van der Waals surface area contributed by atoms with Crippen molar-refractivity contribution < 1.29 is 21.7 Å². The summed E-state index contributed by atoms with van der Waals surface area (Å²) in [5.41, 5.74) is 0.